The average molecular weight is 435 g/mol. The molecule has 1 aromatic heterocycles. The van der Waals surface area contributed by atoms with Crippen LogP contribution in [0.3, 0.4) is 0 Å². The average Bonchev–Trinajstić information content (AvgIpc) is 3.49. The number of benzene rings is 2. The van der Waals surface area contributed by atoms with Crippen LogP contribution in [0.15, 0.2) is 48.5 Å². The number of aromatic nitrogens is 1. The lowest BCUT2D eigenvalue weighted by atomic mass is 9.96. The van der Waals surface area contributed by atoms with E-state index in [0.717, 1.165) is 33.5 Å². The Morgan fingerprint density at radius 3 is 2.61 bits per heavy atom. The number of urea groups is 1. The number of aryl methyl sites for hydroxylation is 1. The first-order chi connectivity index (χ1) is 14.9. The first-order valence-corrected chi connectivity index (χ1v) is 11.1. The van der Waals surface area contributed by atoms with Crippen LogP contribution in [0.5, 0.6) is 0 Å². The van der Waals surface area contributed by atoms with E-state index in [2.05, 4.69) is 10.3 Å². The highest BCUT2D eigenvalue weighted by molar-refractivity contribution is 7.22. The van der Waals surface area contributed by atoms with Gasteiger partial charge in [-0.15, -0.1) is 0 Å². The van der Waals surface area contributed by atoms with Gasteiger partial charge >= 0.3 is 6.03 Å². The fourth-order valence-corrected chi connectivity index (χ4v) is 5.11. The Morgan fingerprint density at radius 1 is 1.19 bits per heavy atom. The molecule has 1 aliphatic carbocycles. The molecule has 1 N–H and O–H groups in total. The third-order valence-electron chi connectivity index (χ3n) is 6.07. The maximum absolute atomic E-state index is 13.5. The van der Waals surface area contributed by atoms with E-state index in [0.29, 0.717) is 10.8 Å². The van der Waals surface area contributed by atoms with Crippen molar-refractivity contribution in [3.8, 4) is 0 Å². The highest BCUT2D eigenvalue weighted by atomic mass is 32.1. The summed E-state index contributed by atoms with van der Waals surface area (Å²) in [5.41, 5.74) is 1.46. The molecule has 2 aromatic carbocycles. The summed E-state index contributed by atoms with van der Waals surface area (Å²) in [6.45, 7) is 3.33. The molecule has 2 heterocycles. The van der Waals surface area contributed by atoms with Gasteiger partial charge in [-0.1, -0.05) is 41.7 Å². The monoisotopic (exact) mass is 434 g/mol. The van der Waals surface area contributed by atoms with E-state index in [1.165, 1.54) is 16.2 Å². The van der Waals surface area contributed by atoms with Crippen LogP contribution >= 0.6 is 11.3 Å². The second-order valence-electron chi connectivity index (χ2n) is 8.28. The van der Waals surface area contributed by atoms with E-state index in [1.54, 1.807) is 6.92 Å². The Kier molecular flexibility index (Phi) is 4.55. The van der Waals surface area contributed by atoms with Crippen molar-refractivity contribution >= 4 is 50.2 Å². The van der Waals surface area contributed by atoms with Crippen LogP contribution in [0, 0.1) is 12.8 Å². The molecule has 2 aliphatic rings. The highest BCUT2D eigenvalue weighted by Crippen LogP contribution is 2.43. The van der Waals surface area contributed by atoms with E-state index in [-0.39, 0.29) is 24.3 Å². The zero-order valence-electron chi connectivity index (χ0n) is 17.3. The fourth-order valence-electron chi connectivity index (χ4n) is 4.12. The number of fused-ring (bicyclic) bond motifs is 1. The number of hydrogen-bond acceptors (Lipinski definition) is 5. The van der Waals surface area contributed by atoms with Crippen LogP contribution < -0.4 is 10.2 Å². The molecule has 5 rings (SSSR count). The number of carbonyl (C=O) groups is 3. The summed E-state index contributed by atoms with van der Waals surface area (Å²) in [7, 11) is 0. The summed E-state index contributed by atoms with van der Waals surface area (Å²) < 4.78 is 0.959. The van der Waals surface area contributed by atoms with Gasteiger partial charge in [0.1, 0.15) is 12.1 Å². The fraction of sp³-hybridized carbons (Fsp3) is 0.304. The van der Waals surface area contributed by atoms with Crippen molar-refractivity contribution < 1.29 is 14.4 Å². The summed E-state index contributed by atoms with van der Waals surface area (Å²) in [6.07, 6.45) is 1.82. The summed E-state index contributed by atoms with van der Waals surface area (Å²) in [6, 6.07) is 14.7. The maximum atomic E-state index is 13.5. The van der Waals surface area contributed by atoms with E-state index >= 15 is 0 Å². The molecule has 31 heavy (non-hydrogen) atoms. The van der Waals surface area contributed by atoms with Crippen molar-refractivity contribution in [3.63, 3.8) is 0 Å². The summed E-state index contributed by atoms with van der Waals surface area (Å²) >= 11 is 1.40. The molecule has 2 fully saturated rings. The van der Waals surface area contributed by atoms with Gasteiger partial charge in [0.15, 0.2) is 5.13 Å². The molecule has 7 nitrogen and oxygen atoms in total. The Hall–Kier alpha value is -3.26. The van der Waals surface area contributed by atoms with Crippen molar-refractivity contribution in [2.24, 2.45) is 5.92 Å². The zero-order chi connectivity index (χ0) is 21.8. The normalized spacial score (nSPS) is 20.9. The van der Waals surface area contributed by atoms with E-state index in [1.807, 2.05) is 55.5 Å². The zero-order valence-corrected chi connectivity index (χ0v) is 18.1. The molecule has 0 radical (unpaired) electrons. The third kappa shape index (κ3) is 3.27. The molecular formula is C23H22N4O3S. The van der Waals surface area contributed by atoms with Crippen LogP contribution in [0.25, 0.3) is 10.2 Å². The number of carbonyl (C=O) groups excluding carboxylic acids is 3. The Balaban J connectivity index is 1.51. The molecule has 0 bridgehead atoms. The second kappa shape index (κ2) is 7.16. The van der Waals surface area contributed by atoms with Gasteiger partial charge < -0.3 is 5.32 Å². The first kappa shape index (κ1) is 19.7. The molecule has 1 aliphatic heterocycles. The molecule has 1 saturated heterocycles. The molecule has 158 valence electrons. The van der Waals surface area contributed by atoms with Crippen molar-refractivity contribution in [1.82, 2.24) is 15.2 Å². The molecule has 0 unspecified atom stereocenters. The van der Waals surface area contributed by atoms with Gasteiger partial charge in [-0.2, -0.15) is 0 Å². The Labute approximate surface area is 183 Å². The van der Waals surface area contributed by atoms with Crippen molar-refractivity contribution in [1.29, 1.82) is 0 Å². The Morgan fingerprint density at radius 2 is 1.90 bits per heavy atom. The minimum atomic E-state index is -0.916. The number of anilines is 2. The topological polar surface area (TPSA) is 82.6 Å². The number of rotatable bonds is 5. The van der Waals surface area contributed by atoms with Gasteiger partial charge in [0, 0.05) is 0 Å². The summed E-state index contributed by atoms with van der Waals surface area (Å²) in [5.74, 6) is -0.569. The van der Waals surface area contributed by atoms with Gasteiger partial charge in [-0.25, -0.2) is 9.78 Å². The summed E-state index contributed by atoms with van der Waals surface area (Å²) in [4.78, 5) is 46.3. The number of nitrogens with zero attached hydrogens (tertiary/aromatic N) is 3. The highest BCUT2D eigenvalue weighted by Gasteiger charge is 2.56. The van der Waals surface area contributed by atoms with Crippen molar-refractivity contribution in [3.05, 3.63) is 54.1 Å². The van der Waals surface area contributed by atoms with Crippen LogP contribution in [0.1, 0.15) is 25.3 Å². The standard InChI is InChI=1S/C23H22N4O3S/c1-14-7-3-5-9-17(14)27(22-24-16-8-4-6-10-18(16)31-22)19(28)13-26-20(29)23(2,15-11-12-15)25-21(26)30/h3-10,15H,11-13H2,1-2H3,(H,25,30)/t23-/m0/s1. The molecular weight excluding hydrogens is 412 g/mol. The lowest BCUT2D eigenvalue weighted by Gasteiger charge is -2.24. The van der Waals surface area contributed by atoms with Crippen LogP contribution in [0.2, 0.25) is 0 Å². The smallest absolute Gasteiger partial charge is 0.323 e. The van der Waals surface area contributed by atoms with Crippen molar-refractivity contribution in [2.45, 2.75) is 32.2 Å². The van der Waals surface area contributed by atoms with Gasteiger partial charge in [0.2, 0.25) is 0 Å². The second-order valence-corrected chi connectivity index (χ2v) is 9.29. The lowest BCUT2D eigenvalue weighted by molar-refractivity contribution is -0.134. The van der Waals surface area contributed by atoms with Crippen LogP contribution in [-0.4, -0.2) is 39.8 Å². The lowest BCUT2D eigenvalue weighted by Crippen LogP contribution is -2.47. The van der Waals surface area contributed by atoms with Gasteiger partial charge in [0.25, 0.3) is 11.8 Å². The molecule has 1 saturated carbocycles. The molecule has 8 heteroatoms. The molecule has 4 amide bonds. The minimum absolute atomic E-state index is 0.140. The van der Waals surface area contributed by atoms with Gasteiger partial charge in [-0.05, 0) is 56.4 Å². The predicted octanol–water partition coefficient (Wildman–Crippen LogP) is 3.99. The molecule has 3 aromatic rings. The minimum Gasteiger partial charge on any atom is -0.323 e. The van der Waals surface area contributed by atoms with Crippen LogP contribution in [-0.2, 0) is 9.59 Å². The number of thiazole rings is 1. The van der Waals surface area contributed by atoms with E-state index < -0.39 is 11.6 Å². The number of para-hydroxylation sites is 2. The maximum Gasteiger partial charge on any atom is 0.325 e. The molecule has 1 atom stereocenters. The third-order valence-corrected chi connectivity index (χ3v) is 7.09. The van der Waals surface area contributed by atoms with Crippen LogP contribution in [0.4, 0.5) is 15.6 Å². The number of imide groups is 1. The Bertz CT molecular complexity index is 1190. The van der Waals surface area contributed by atoms with Gasteiger partial charge in [-0.3, -0.25) is 19.4 Å². The number of nitrogens with one attached hydrogen (secondary N) is 1. The van der Waals surface area contributed by atoms with E-state index in [4.69, 9.17) is 0 Å². The van der Waals surface area contributed by atoms with Gasteiger partial charge in [0.05, 0.1) is 15.9 Å². The first-order valence-electron chi connectivity index (χ1n) is 10.3. The largest absolute Gasteiger partial charge is 0.325 e. The predicted molar refractivity (Wildman–Crippen MR) is 119 cm³/mol. The molecule has 0 spiro atoms. The summed E-state index contributed by atoms with van der Waals surface area (Å²) in [5, 5.41) is 3.31. The van der Waals surface area contributed by atoms with E-state index in [9.17, 15) is 14.4 Å². The number of amides is 4. The number of hydrogen-bond donors (Lipinski definition) is 1. The quantitative estimate of drug-likeness (QED) is 0.616. The van der Waals surface area contributed by atoms with Crippen molar-refractivity contribution in [2.75, 3.05) is 11.4 Å². The SMILES string of the molecule is Cc1ccccc1N(C(=O)CN1C(=O)N[C@@](C)(C2CC2)C1=O)c1nc2ccccc2s1.